The summed E-state index contributed by atoms with van der Waals surface area (Å²) >= 11 is 4.85. The lowest BCUT2D eigenvalue weighted by Gasteiger charge is -2.17. The zero-order valence-corrected chi connectivity index (χ0v) is 12.0. The predicted octanol–water partition coefficient (Wildman–Crippen LogP) is 2.88. The molecule has 0 fully saturated rings. The average Bonchev–Trinajstić information content (AvgIpc) is 2.48. The topological polar surface area (TPSA) is 46.3 Å². The number of hydrogen-bond donors (Lipinski definition) is 1. The molecular formula is C15H12F2N2OS. The minimum Gasteiger partial charge on any atom is -0.389 e. The molecule has 1 amide bonds. The van der Waals surface area contributed by atoms with Gasteiger partial charge >= 0.3 is 0 Å². The van der Waals surface area contributed by atoms with Crippen molar-refractivity contribution in [3.8, 4) is 0 Å². The largest absolute Gasteiger partial charge is 0.389 e. The molecule has 0 heterocycles. The Bertz CT molecular complexity index is 701. The molecule has 0 atom stereocenters. The smallest absolute Gasteiger partial charge is 0.258 e. The molecule has 108 valence electrons. The van der Waals surface area contributed by atoms with Gasteiger partial charge in [0.25, 0.3) is 5.91 Å². The summed E-state index contributed by atoms with van der Waals surface area (Å²) in [5, 5.41) is 0. The minimum atomic E-state index is -1.06. The summed E-state index contributed by atoms with van der Waals surface area (Å²) in [6, 6.07) is 9.75. The SMILES string of the molecule is CN(C(=O)c1ccc(F)c(F)c1)c1ccc(C(N)=S)cc1. The third kappa shape index (κ3) is 3.22. The highest BCUT2D eigenvalue weighted by atomic mass is 32.1. The van der Waals surface area contributed by atoms with Crippen LogP contribution in [0.25, 0.3) is 0 Å². The number of thiocarbonyl (C=S) groups is 1. The molecule has 21 heavy (non-hydrogen) atoms. The average molecular weight is 306 g/mol. The lowest BCUT2D eigenvalue weighted by Crippen LogP contribution is -2.26. The third-order valence-corrected chi connectivity index (χ3v) is 3.25. The number of rotatable bonds is 3. The molecule has 0 aliphatic rings. The van der Waals surface area contributed by atoms with E-state index < -0.39 is 17.5 Å². The van der Waals surface area contributed by atoms with Gasteiger partial charge in [-0.1, -0.05) is 12.2 Å². The van der Waals surface area contributed by atoms with E-state index in [2.05, 4.69) is 0 Å². The fraction of sp³-hybridized carbons (Fsp3) is 0.0667. The molecule has 0 unspecified atom stereocenters. The van der Waals surface area contributed by atoms with Crippen LogP contribution < -0.4 is 10.6 Å². The Labute approximate surface area is 126 Å². The Hall–Kier alpha value is -2.34. The van der Waals surface area contributed by atoms with Crippen molar-refractivity contribution in [1.29, 1.82) is 0 Å². The van der Waals surface area contributed by atoms with E-state index >= 15 is 0 Å². The van der Waals surface area contributed by atoms with Crippen molar-refractivity contribution in [2.75, 3.05) is 11.9 Å². The van der Waals surface area contributed by atoms with E-state index in [1.807, 2.05) is 0 Å². The van der Waals surface area contributed by atoms with Gasteiger partial charge in [-0.25, -0.2) is 8.78 Å². The minimum absolute atomic E-state index is 0.0647. The molecule has 6 heteroatoms. The molecule has 0 aliphatic heterocycles. The number of benzene rings is 2. The van der Waals surface area contributed by atoms with Crippen molar-refractivity contribution in [3.05, 3.63) is 65.2 Å². The second-order valence-corrected chi connectivity index (χ2v) is 4.84. The highest BCUT2D eigenvalue weighted by Gasteiger charge is 2.15. The number of halogens is 2. The van der Waals surface area contributed by atoms with Crippen LogP contribution in [0.1, 0.15) is 15.9 Å². The highest BCUT2D eigenvalue weighted by Crippen LogP contribution is 2.18. The summed E-state index contributed by atoms with van der Waals surface area (Å²) in [7, 11) is 1.54. The summed E-state index contributed by atoms with van der Waals surface area (Å²) < 4.78 is 26.1. The van der Waals surface area contributed by atoms with Gasteiger partial charge < -0.3 is 10.6 Å². The van der Waals surface area contributed by atoms with Crippen molar-refractivity contribution in [1.82, 2.24) is 0 Å². The van der Waals surface area contributed by atoms with E-state index in [1.165, 1.54) is 11.0 Å². The molecule has 0 bridgehead atoms. The molecule has 2 aromatic carbocycles. The van der Waals surface area contributed by atoms with E-state index in [1.54, 1.807) is 31.3 Å². The van der Waals surface area contributed by atoms with Gasteiger partial charge in [-0.3, -0.25) is 4.79 Å². The van der Waals surface area contributed by atoms with Crippen LogP contribution in [0.4, 0.5) is 14.5 Å². The van der Waals surface area contributed by atoms with Crippen molar-refractivity contribution in [3.63, 3.8) is 0 Å². The Morgan fingerprint density at radius 1 is 1.05 bits per heavy atom. The lowest BCUT2D eigenvalue weighted by atomic mass is 10.1. The monoisotopic (exact) mass is 306 g/mol. The second kappa shape index (κ2) is 5.97. The van der Waals surface area contributed by atoms with E-state index in [0.29, 0.717) is 11.3 Å². The van der Waals surface area contributed by atoms with Gasteiger partial charge in [0, 0.05) is 23.9 Å². The van der Waals surface area contributed by atoms with E-state index in [9.17, 15) is 13.6 Å². The summed E-state index contributed by atoms with van der Waals surface area (Å²) in [5.74, 6) is -2.50. The molecule has 0 spiro atoms. The summed E-state index contributed by atoms with van der Waals surface area (Å²) in [6.07, 6.45) is 0. The summed E-state index contributed by atoms with van der Waals surface area (Å²) in [6.45, 7) is 0. The van der Waals surface area contributed by atoms with Crippen LogP contribution in [0.15, 0.2) is 42.5 Å². The summed E-state index contributed by atoms with van der Waals surface area (Å²) in [4.78, 5) is 13.8. The molecule has 2 rings (SSSR count). The van der Waals surface area contributed by atoms with E-state index in [-0.39, 0.29) is 10.6 Å². The number of hydrogen-bond acceptors (Lipinski definition) is 2. The first kappa shape index (κ1) is 15.1. The quantitative estimate of drug-likeness (QED) is 0.887. The Morgan fingerprint density at radius 3 is 2.14 bits per heavy atom. The van der Waals surface area contributed by atoms with Crippen LogP contribution >= 0.6 is 12.2 Å². The Balaban J connectivity index is 2.25. The highest BCUT2D eigenvalue weighted by molar-refractivity contribution is 7.80. The Morgan fingerprint density at radius 2 is 1.62 bits per heavy atom. The predicted molar refractivity (Wildman–Crippen MR) is 81.4 cm³/mol. The fourth-order valence-electron chi connectivity index (χ4n) is 1.79. The molecule has 0 aromatic heterocycles. The first-order valence-corrected chi connectivity index (χ1v) is 6.44. The molecule has 0 saturated heterocycles. The van der Waals surface area contributed by atoms with Crippen LogP contribution in [-0.4, -0.2) is 17.9 Å². The number of nitrogens with two attached hydrogens (primary N) is 1. The number of anilines is 1. The van der Waals surface area contributed by atoms with Gasteiger partial charge in [-0.15, -0.1) is 0 Å². The number of amides is 1. The first-order chi connectivity index (χ1) is 9.90. The Kier molecular flexibility index (Phi) is 4.28. The van der Waals surface area contributed by atoms with Gasteiger partial charge in [0.05, 0.1) is 0 Å². The van der Waals surface area contributed by atoms with E-state index in [0.717, 1.165) is 12.1 Å². The second-order valence-electron chi connectivity index (χ2n) is 4.40. The van der Waals surface area contributed by atoms with Gasteiger partial charge in [0.2, 0.25) is 0 Å². The van der Waals surface area contributed by atoms with Crippen molar-refractivity contribution in [2.45, 2.75) is 0 Å². The van der Waals surface area contributed by atoms with Crippen LogP contribution in [-0.2, 0) is 0 Å². The normalized spacial score (nSPS) is 10.2. The fourth-order valence-corrected chi connectivity index (χ4v) is 1.93. The zero-order valence-electron chi connectivity index (χ0n) is 11.1. The van der Waals surface area contributed by atoms with E-state index in [4.69, 9.17) is 18.0 Å². The van der Waals surface area contributed by atoms with Crippen LogP contribution in [0.3, 0.4) is 0 Å². The van der Waals surface area contributed by atoms with Crippen molar-refractivity contribution >= 4 is 28.8 Å². The number of carbonyl (C=O) groups is 1. The molecular weight excluding hydrogens is 294 g/mol. The summed E-state index contributed by atoms with van der Waals surface area (Å²) in [5.41, 5.74) is 6.83. The molecule has 0 saturated carbocycles. The third-order valence-electron chi connectivity index (χ3n) is 3.01. The van der Waals surface area contributed by atoms with Crippen LogP contribution in [0.2, 0.25) is 0 Å². The van der Waals surface area contributed by atoms with Gasteiger partial charge in [0.15, 0.2) is 11.6 Å². The molecule has 3 nitrogen and oxygen atoms in total. The zero-order chi connectivity index (χ0) is 15.6. The maximum atomic E-state index is 13.2. The molecule has 2 N–H and O–H groups in total. The van der Waals surface area contributed by atoms with Crippen molar-refractivity contribution < 1.29 is 13.6 Å². The maximum absolute atomic E-state index is 13.2. The first-order valence-electron chi connectivity index (χ1n) is 6.03. The van der Waals surface area contributed by atoms with Crippen LogP contribution in [0.5, 0.6) is 0 Å². The molecule has 0 aliphatic carbocycles. The van der Waals surface area contributed by atoms with Gasteiger partial charge in [0.1, 0.15) is 4.99 Å². The number of carbonyl (C=O) groups excluding carboxylic acids is 1. The molecule has 0 radical (unpaired) electrons. The van der Waals surface area contributed by atoms with Crippen molar-refractivity contribution in [2.24, 2.45) is 5.73 Å². The lowest BCUT2D eigenvalue weighted by molar-refractivity contribution is 0.0992. The van der Waals surface area contributed by atoms with Gasteiger partial charge in [-0.2, -0.15) is 0 Å². The van der Waals surface area contributed by atoms with Crippen LogP contribution in [0, 0.1) is 11.6 Å². The van der Waals surface area contributed by atoms with Gasteiger partial charge in [-0.05, 0) is 42.5 Å². The maximum Gasteiger partial charge on any atom is 0.258 e. The number of nitrogens with zero attached hydrogens (tertiary/aromatic N) is 1. The standard InChI is InChI=1S/C15H12F2N2OS/c1-19(11-5-2-9(3-6-11)14(18)21)15(20)10-4-7-12(16)13(17)8-10/h2-8H,1H3,(H2,18,21). The molecule has 2 aromatic rings.